The van der Waals surface area contributed by atoms with E-state index in [0.717, 1.165) is 28.9 Å². The Labute approximate surface area is 225 Å². The molecule has 1 aliphatic heterocycles. The minimum absolute atomic E-state index is 0.214. The van der Waals surface area contributed by atoms with Crippen LogP contribution in [0.4, 0.5) is 46.3 Å². The highest BCUT2D eigenvalue weighted by atomic mass is 19.4. The molecule has 5 aromatic rings. The summed E-state index contributed by atoms with van der Waals surface area (Å²) in [5, 5.41) is 7.27. The zero-order valence-corrected chi connectivity index (χ0v) is 20.7. The van der Waals surface area contributed by atoms with Gasteiger partial charge in [-0.1, -0.05) is 30.3 Å². The number of nitrogens with one attached hydrogen (secondary N) is 2. The Hall–Kier alpha value is -5.06. The molecule has 0 radical (unpaired) electrons. The zero-order chi connectivity index (χ0) is 27.9. The molecule has 6 rings (SSSR count). The van der Waals surface area contributed by atoms with E-state index in [-0.39, 0.29) is 23.2 Å². The van der Waals surface area contributed by atoms with Crippen LogP contribution in [0.1, 0.15) is 29.2 Å². The molecule has 0 saturated carbocycles. The van der Waals surface area contributed by atoms with Gasteiger partial charge in [-0.2, -0.15) is 13.2 Å². The van der Waals surface area contributed by atoms with Crippen LogP contribution in [0.25, 0.3) is 10.9 Å². The van der Waals surface area contributed by atoms with Crippen LogP contribution in [-0.4, -0.2) is 20.7 Å². The first-order chi connectivity index (χ1) is 19.2. The lowest BCUT2D eigenvalue weighted by Crippen LogP contribution is -2.15. The lowest BCUT2D eigenvalue weighted by Gasteiger charge is -2.20. The van der Waals surface area contributed by atoms with E-state index in [0.29, 0.717) is 34.7 Å². The lowest BCUT2D eigenvalue weighted by molar-refractivity contribution is -0.137. The van der Waals surface area contributed by atoms with Gasteiger partial charge in [-0.15, -0.1) is 0 Å². The monoisotopic (exact) mass is 543 g/mol. The van der Waals surface area contributed by atoms with Gasteiger partial charge in [-0.25, -0.2) is 19.4 Å². The second-order valence-electron chi connectivity index (χ2n) is 9.26. The van der Waals surface area contributed by atoms with Crippen LogP contribution in [-0.2, 0) is 6.18 Å². The molecule has 3 aromatic carbocycles. The fraction of sp³-hybridized carbons (Fsp3) is 0.103. The van der Waals surface area contributed by atoms with E-state index in [1.165, 1.54) is 30.7 Å². The minimum Gasteiger partial charge on any atom is -0.382 e. The largest absolute Gasteiger partial charge is 0.416 e. The number of nitrogens with two attached hydrogens (primary N) is 1. The number of halogens is 4. The molecule has 40 heavy (non-hydrogen) atoms. The van der Waals surface area contributed by atoms with E-state index in [9.17, 15) is 17.6 Å². The Morgan fingerprint density at radius 1 is 0.925 bits per heavy atom. The van der Waals surface area contributed by atoms with Crippen molar-refractivity contribution in [2.24, 2.45) is 4.99 Å². The van der Waals surface area contributed by atoms with E-state index < -0.39 is 11.7 Å². The van der Waals surface area contributed by atoms with Crippen molar-refractivity contribution in [1.29, 1.82) is 0 Å². The number of alkyl halides is 3. The summed E-state index contributed by atoms with van der Waals surface area (Å²) in [5.74, 6) is 0.327. The van der Waals surface area contributed by atoms with Crippen LogP contribution in [0.15, 0.2) is 90.3 Å². The molecule has 3 heterocycles. The van der Waals surface area contributed by atoms with Gasteiger partial charge in [-0.05, 0) is 53.6 Å². The number of benzene rings is 3. The summed E-state index contributed by atoms with van der Waals surface area (Å²) in [7, 11) is 0. The average molecular weight is 544 g/mol. The Morgan fingerprint density at radius 2 is 1.75 bits per heavy atom. The molecule has 1 atom stereocenters. The molecular formula is C29H21F4N7. The number of hydrogen-bond acceptors (Lipinski definition) is 7. The first kappa shape index (κ1) is 25.2. The SMILES string of the molecule is Nc1ncnc2c1N=C(c1ccc(F)cc1)CC(c1cccc(Nc3ccnc4cc(C(F)(F)F)ccc34)c1)N2. The first-order valence-corrected chi connectivity index (χ1v) is 12.3. The highest BCUT2D eigenvalue weighted by Gasteiger charge is 2.30. The molecule has 2 aromatic heterocycles. The average Bonchev–Trinajstić information content (AvgIpc) is 3.14. The van der Waals surface area contributed by atoms with Gasteiger partial charge in [-0.3, -0.25) is 4.98 Å². The Morgan fingerprint density at radius 3 is 2.55 bits per heavy atom. The molecule has 0 aliphatic carbocycles. The predicted molar refractivity (Wildman–Crippen MR) is 146 cm³/mol. The number of aromatic nitrogens is 3. The molecule has 0 amide bonds. The first-order valence-electron chi connectivity index (χ1n) is 12.3. The number of nitrogen functional groups attached to an aromatic ring is 1. The summed E-state index contributed by atoms with van der Waals surface area (Å²) in [5.41, 5.74) is 9.63. The van der Waals surface area contributed by atoms with Crippen molar-refractivity contribution in [1.82, 2.24) is 15.0 Å². The van der Waals surface area contributed by atoms with Crippen LogP contribution < -0.4 is 16.4 Å². The van der Waals surface area contributed by atoms with Gasteiger partial charge in [0.2, 0.25) is 0 Å². The molecule has 0 saturated heterocycles. The summed E-state index contributed by atoms with van der Waals surface area (Å²) in [6, 6.07) is 18.6. The number of rotatable bonds is 4. The van der Waals surface area contributed by atoms with E-state index in [2.05, 4.69) is 25.6 Å². The van der Waals surface area contributed by atoms with Crippen molar-refractivity contribution < 1.29 is 17.6 Å². The normalized spacial score (nSPS) is 15.1. The second-order valence-corrected chi connectivity index (χ2v) is 9.26. The van der Waals surface area contributed by atoms with Gasteiger partial charge in [0.25, 0.3) is 0 Å². The van der Waals surface area contributed by atoms with Gasteiger partial charge in [0.15, 0.2) is 11.6 Å². The smallest absolute Gasteiger partial charge is 0.382 e. The summed E-state index contributed by atoms with van der Waals surface area (Å²) >= 11 is 0. The number of fused-ring (bicyclic) bond motifs is 2. The quantitative estimate of drug-likeness (QED) is 0.208. The number of aliphatic imine (C=N–C) groups is 1. The zero-order valence-electron chi connectivity index (χ0n) is 20.7. The topological polar surface area (TPSA) is 101 Å². The van der Waals surface area contributed by atoms with Crippen molar-refractivity contribution in [3.05, 3.63) is 108 Å². The fourth-order valence-corrected chi connectivity index (χ4v) is 4.65. The van der Waals surface area contributed by atoms with Gasteiger partial charge in [0, 0.05) is 29.4 Å². The molecule has 1 unspecified atom stereocenters. The predicted octanol–water partition coefficient (Wildman–Crippen LogP) is 7.19. The van der Waals surface area contributed by atoms with E-state index in [4.69, 9.17) is 10.7 Å². The molecule has 1 aliphatic rings. The molecule has 4 N–H and O–H groups in total. The van der Waals surface area contributed by atoms with Gasteiger partial charge in [0.1, 0.15) is 17.8 Å². The van der Waals surface area contributed by atoms with Gasteiger partial charge >= 0.3 is 6.18 Å². The van der Waals surface area contributed by atoms with Crippen LogP contribution in [0.3, 0.4) is 0 Å². The third kappa shape index (κ3) is 5.00. The summed E-state index contributed by atoms with van der Waals surface area (Å²) in [4.78, 5) is 17.3. The van der Waals surface area contributed by atoms with Crippen molar-refractivity contribution >= 4 is 45.3 Å². The van der Waals surface area contributed by atoms with Crippen molar-refractivity contribution in [2.45, 2.75) is 18.6 Å². The number of pyridine rings is 1. The molecule has 11 heteroatoms. The van der Waals surface area contributed by atoms with E-state index >= 15 is 0 Å². The van der Waals surface area contributed by atoms with Crippen molar-refractivity contribution in [2.75, 3.05) is 16.4 Å². The maximum Gasteiger partial charge on any atom is 0.416 e. The molecule has 200 valence electrons. The summed E-state index contributed by atoms with van der Waals surface area (Å²) in [6.45, 7) is 0. The standard InChI is InChI=1S/C29H21F4N7/c30-19-7-4-16(5-8-19)23-14-24(40-28-26(39-23)27(34)36-15-37-28)17-2-1-3-20(12-17)38-22-10-11-35-25-13-18(29(31,32)33)6-9-21(22)25/h1-13,15,24H,14H2,(H,35,38)(H3,34,36,37,40). The minimum atomic E-state index is -4.45. The third-order valence-electron chi connectivity index (χ3n) is 6.62. The molecular weight excluding hydrogens is 522 g/mol. The third-order valence-corrected chi connectivity index (χ3v) is 6.62. The highest BCUT2D eigenvalue weighted by Crippen LogP contribution is 2.38. The summed E-state index contributed by atoms with van der Waals surface area (Å²) in [6.07, 6.45) is -1.20. The van der Waals surface area contributed by atoms with Gasteiger partial charge in [0.05, 0.1) is 22.8 Å². The van der Waals surface area contributed by atoms with Crippen LogP contribution in [0, 0.1) is 5.82 Å². The molecule has 0 bridgehead atoms. The number of nitrogens with zero attached hydrogens (tertiary/aromatic N) is 4. The molecule has 0 fully saturated rings. The Balaban J connectivity index is 1.35. The highest BCUT2D eigenvalue weighted by molar-refractivity contribution is 6.04. The van der Waals surface area contributed by atoms with Crippen LogP contribution in [0.5, 0.6) is 0 Å². The Bertz CT molecular complexity index is 1750. The van der Waals surface area contributed by atoms with Crippen molar-refractivity contribution in [3.63, 3.8) is 0 Å². The summed E-state index contributed by atoms with van der Waals surface area (Å²) < 4.78 is 53.2. The number of anilines is 4. The maximum absolute atomic E-state index is 13.6. The lowest BCUT2D eigenvalue weighted by atomic mass is 9.97. The van der Waals surface area contributed by atoms with Gasteiger partial charge < -0.3 is 16.4 Å². The Kier molecular flexibility index (Phi) is 6.25. The molecule has 0 spiro atoms. The van der Waals surface area contributed by atoms with Crippen molar-refractivity contribution in [3.8, 4) is 0 Å². The maximum atomic E-state index is 13.6. The fourth-order valence-electron chi connectivity index (χ4n) is 4.65. The van der Waals surface area contributed by atoms with Crippen LogP contribution in [0.2, 0.25) is 0 Å². The number of hydrogen-bond donors (Lipinski definition) is 3. The van der Waals surface area contributed by atoms with E-state index in [1.54, 1.807) is 18.2 Å². The van der Waals surface area contributed by atoms with E-state index in [1.807, 2.05) is 24.3 Å². The second kappa shape index (κ2) is 9.92. The van der Waals surface area contributed by atoms with Crippen LogP contribution >= 0.6 is 0 Å². The molecule has 7 nitrogen and oxygen atoms in total.